The second kappa shape index (κ2) is 11.2. The summed E-state index contributed by atoms with van der Waals surface area (Å²) in [5.74, 6) is 0.0990. The number of nitrogens with zero attached hydrogens (tertiary/aromatic N) is 2. The summed E-state index contributed by atoms with van der Waals surface area (Å²) in [7, 11) is 0. The minimum atomic E-state index is -0.326. The lowest BCUT2D eigenvalue weighted by Gasteiger charge is -2.37. The third-order valence-electron chi connectivity index (χ3n) is 6.11. The topological polar surface area (TPSA) is 71.1 Å². The van der Waals surface area contributed by atoms with E-state index in [1.807, 2.05) is 30.2 Å². The van der Waals surface area contributed by atoms with E-state index in [1.165, 1.54) is 17.0 Å². The normalized spacial score (nSPS) is 19.7. The molecule has 2 aliphatic heterocycles. The lowest BCUT2D eigenvalue weighted by atomic mass is 10.0. The van der Waals surface area contributed by atoms with Crippen molar-refractivity contribution in [3.8, 4) is 5.75 Å². The summed E-state index contributed by atoms with van der Waals surface area (Å²) in [6.45, 7) is 5.66. The molecular formula is C25H32FN3O4S. The summed E-state index contributed by atoms with van der Waals surface area (Å²) < 4.78 is 24.9. The highest BCUT2D eigenvalue weighted by Crippen LogP contribution is 2.34. The van der Waals surface area contributed by atoms with Gasteiger partial charge in [0.15, 0.2) is 0 Å². The van der Waals surface area contributed by atoms with Crippen LogP contribution in [0, 0.1) is 5.82 Å². The summed E-state index contributed by atoms with van der Waals surface area (Å²) in [4.78, 5) is 31.0. The fourth-order valence-electron chi connectivity index (χ4n) is 4.43. The predicted octanol–water partition coefficient (Wildman–Crippen LogP) is 3.99. The number of halogens is 1. The van der Waals surface area contributed by atoms with Crippen LogP contribution in [0.5, 0.6) is 5.75 Å². The molecule has 184 valence electrons. The highest BCUT2D eigenvalue weighted by molar-refractivity contribution is 7.10. The first kappa shape index (κ1) is 24.5. The number of fused-ring (bicyclic) bond motifs is 1. The number of nitrogens with one attached hydrogen (secondary N) is 1. The number of carbonyl (C=O) groups is 2. The molecule has 0 radical (unpaired) electrons. The maximum absolute atomic E-state index is 13.5. The van der Waals surface area contributed by atoms with Gasteiger partial charge in [0.1, 0.15) is 24.7 Å². The Morgan fingerprint density at radius 3 is 2.79 bits per heavy atom. The second-order valence-electron chi connectivity index (χ2n) is 9.04. The van der Waals surface area contributed by atoms with Crippen molar-refractivity contribution < 1.29 is 23.5 Å². The van der Waals surface area contributed by atoms with Gasteiger partial charge in [0.2, 0.25) is 5.91 Å². The maximum Gasteiger partial charge on any atom is 0.318 e. The molecule has 34 heavy (non-hydrogen) atoms. The molecule has 0 bridgehead atoms. The van der Waals surface area contributed by atoms with E-state index in [1.54, 1.807) is 28.4 Å². The van der Waals surface area contributed by atoms with Crippen molar-refractivity contribution in [1.82, 2.24) is 15.1 Å². The summed E-state index contributed by atoms with van der Waals surface area (Å²) in [6.07, 6.45) is 2.58. The summed E-state index contributed by atoms with van der Waals surface area (Å²) in [5.41, 5.74) is 1.07. The Bertz CT molecular complexity index is 975. The lowest BCUT2D eigenvalue weighted by Crippen LogP contribution is -2.52. The van der Waals surface area contributed by atoms with Gasteiger partial charge >= 0.3 is 6.03 Å². The van der Waals surface area contributed by atoms with Gasteiger partial charge in [-0.25, -0.2) is 9.18 Å². The van der Waals surface area contributed by atoms with Gasteiger partial charge in [-0.3, -0.25) is 4.79 Å². The Balaban J connectivity index is 1.48. The molecular weight excluding hydrogens is 457 g/mol. The van der Waals surface area contributed by atoms with Crippen molar-refractivity contribution >= 4 is 23.3 Å². The summed E-state index contributed by atoms with van der Waals surface area (Å²) in [5, 5.41) is 4.94. The lowest BCUT2D eigenvalue weighted by molar-refractivity contribution is -0.135. The largest absolute Gasteiger partial charge is 0.491 e. The average Bonchev–Trinajstić information content (AvgIpc) is 3.49. The van der Waals surface area contributed by atoms with Crippen molar-refractivity contribution in [3.63, 3.8) is 0 Å². The average molecular weight is 490 g/mol. The van der Waals surface area contributed by atoms with Gasteiger partial charge in [0, 0.05) is 30.6 Å². The van der Waals surface area contributed by atoms with Gasteiger partial charge < -0.3 is 24.6 Å². The molecule has 0 spiro atoms. The van der Waals surface area contributed by atoms with E-state index in [2.05, 4.69) is 5.32 Å². The van der Waals surface area contributed by atoms with Crippen LogP contribution in [-0.4, -0.2) is 66.7 Å². The van der Waals surface area contributed by atoms with E-state index in [-0.39, 0.29) is 49.1 Å². The van der Waals surface area contributed by atoms with E-state index in [9.17, 15) is 14.0 Å². The highest BCUT2D eigenvalue weighted by atomic mass is 32.1. The van der Waals surface area contributed by atoms with Gasteiger partial charge in [-0.05, 0) is 74.4 Å². The summed E-state index contributed by atoms with van der Waals surface area (Å²) >= 11 is 1.68. The van der Waals surface area contributed by atoms with Crippen LogP contribution in [0.15, 0.2) is 35.7 Å². The van der Waals surface area contributed by atoms with Crippen LogP contribution in [0.3, 0.4) is 0 Å². The van der Waals surface area contributed by atoms with Gasteiger partial charge in [-0.1, -0.05) is 0 Å². The molecule has 3 amide bonds. The van der Waals surface area contributed by atoms with Crippen molar-refractivity contribution in [1.29, 1.82) is 0 Å². The van der Waals surface area contributed by atoms with E-state index in [0.717, 1.165) is 24.8 Å². The zero-order valence-electron chi connectivity index (χ0n) is 19.7. The predicted molar refractivity (Wildman–Crippen MR) is 129 cm³/mol. The first-order chi connectivity index (χ1) is 16.4. The Kier molecular flexibility index (Phi) is 8.05. The quantitative estimate of drug-likeness (QED) is 0.609. The monoisotopic (exact) mass is 489 g/mol. The van der Waals surface area contributed by atoms with Crippen molar-refractivity contribution in [3.05, 3.63) is 52.0 Å². The van der Waals surface area contributed by atoms with E-state index < -0.39 is 0 Å². The van der Waals surface area contributed by atoms with Crippen LogP contribution in [0.2, 0.25) is 0 Å². The number of benzene rings is 1. The van der Waals surface area contributed by atoms with E-state index in [0.29, 0.717) is 25.4 Å². The Labute approximate surface area is 203 Å². The SMILES string of the molecule is CC(C)NC(=O)N(CC(=O)N1CCc2sccc2[C@H]1COc1ccc(F)cc1)C[C@H]1CCCO1. The molecule has 0 aliphatic carbocycles. The Morgan fingerprint density at radius 1 is 1.29 bits per heavy atom. The van der Waals surface area contributed by atoms with Crippen LogP contribution in [0.1, 0.15) is 43.2 Å². The molecule has 2 aromatic rings. The van der Waals surface area contributed by atoms with Crippen LogP contribution in [0.25, 0.3) is 0 Å². The van der Waals surface area contributed by atoms with Crippen LogP contribution in [0.4, 0.5) is 9.18 Å². The number of hydrogen-bond donors (Lipinski definition) is 1. The van der Waals surface area contributed by atoms with Crippen LogP contribution >= 0.6 is 11.3 Å². The number of carbonyl (C=O) groups excluding carboxylic acids is 2. The third kappa shape index (κ3) is 6.07. The molecule has 1 aromatic carbocycles. The molecule has 2 atom stereocenters. The van der Waals surface area contributed by atoms with E-state index >= 15 is 0 Å². The number of urea groups is 1. The smallest absolute Gasteiger partial charge is 0.318 e. The standard InChI is InChI=1S/C25H32FN3O4S/c1-17(2)27-25(31)28(14-20-4-3-12-32-20)15-24(30)29-11-9-23-21(10-13-34-23)22(29)16-33-19-7-5-18(26)6-8-19/h5-8,10,13,17,20,22H,3-4,9,11-12,14-16H2,1-2H3,(H,27,31)/t20-,22-/m1/s1. The third-order valence-corrected chi connectivity index (χ3v) is 7.11. The zero-order valence-corrected chi connectivity index (χ0v) is 20.5. The van der Waals surface area contributed by atoms with Gasteiger partial charge in [-0.15, -0.1) is 11.3 Å². The molecule has 1 saturated heterocycles. The minimum Gasteiger partial charge on any atom is -0.491 e. The molecule has 1 N–H and O–H groups in total. The van der Waals surface area contributed by atoms with Crippen LogP contribution in [-0.2, 0) is 16.0 Å². The van der Waals surface area contributed by atoms with Gasteiger partial charge in [0.25, 0.3) is 0 Å². The fraction of sp³-hybridized carbons (Fsp3) is 0.520. The molecule has 1 aromatic heterocycles. The number of hydrogen-bond acceptors (Lipinski definition) is 5. The molecule has 0 unspecified atom stereocenters. The molecule has 1 fully saturated rings. The Hall–Kier alpha value is -2.65. The van der Waals surface area contributed by atoms with Crippen molar-refractivity contribution in [2.24, 2.45) is 0 Å². The fourth-order valence-corrected chi connectivity index (χ4v) is 5.35. The first-order valence-electron chi connectivity index (χ1n) is 11.8. The number of ether oxygens (including phenoxy) is 2. The maximum atomic E-state index is 13.5. The van der Waals surface area contributed by atoms with E-state index in [4.69, 9.17) is 9.47 Å². The molecule has 7 nitrogen and oxygen atoms in total. The van der Waals surface area contributed by atoms with Crippen molar-refractivity contribution in [2.45, 2.75) is 51.3 Å². The first-order valence-corrected chi connectivity index (χ1v) is 12.7. The zero-order chi connectivity index (χ0) is 24.1. The van der Waals surface area contributed by atoms with Crippen LogP contribution < -0.4 is 10.1 Å². The number of thiophene rings is 1. The Morgan fingerprint density at radius 2 is 2.09 bits per heavy atom. The molecule has 9 heteroatoms. The summed E-state index contributed by atoms with van der Waals surface area (Å²) in [6, 6.07) is 7.34. The molecule has 0 saturated carbocycles. The molecule has 2 aliphatic rings. The van der Waals surface area contributed by atoms with Gasteiger partial charge in [-0.2, -0.15) is 0 Å². The molecule has 4 rings (SSSR count). The highest BCUT2D eigenvalue weighted by Gasteiger charge is 2.34. The second-order valence-corrected chi connectivity index (χ2v) is 10.0. The minimum absolute atomic E-state index is 0.0229. The number of rotatable bonds is 8. The van der Waals surface area contributed by atoms with Crippen molar-refractivity contribution in [2.75, 3.05) is 32.8 Å². The number of amides is 3. The van der Waals surface area contributed by atoms with Gasteiger partial charge in [0.05, 0.1) is 12.1 Å². The molecule has 3 heterocycles.